The first-order valence-electron chi connectivity index (χ1n) is 6.55. The average molecular weight is 354 g/mol. The van der Waals surface area contributed by atoms with Gasteiger partial charge in [0.15, 0.2) is 5.25 Å². The number of carboxylic acid groups (broad SMARTS) is 2. The number of carbonyl (C=O) groups is 2. The molecule has 1 aromatic carbocycles. The monoisotopic (exact) mass is 354 g/mol. The first-order chi connectivity index (χ1) is 10.2. The van der Waals surface area contributed by atoms with Crippen LogP contribution in [0, 0.1) is 6.07 Å². The average Bonchev–Trinajstić information content (AvgIpc) is 2.43. The predicted octanol–water partition coefficient (Wildman–Crippen LogP) is -1.36. The predicted molar refractivity (Wildman–Crippen MR) is 79.1 cm³/mol. The van der Waals surface area contributed by atoms with Crippen LogP contribution in [0.25, 0.3) is 0 Å². The zero-order valence-electron chi connectivity index (χ0n) is 13.1. The Morgan fingerprint density at radius 1 is 1.26 bits per heavy atom. The number of unbranched alkanes of at least 4 members (excludes halogenated alkanes) is 1. The van der Waals surface area contributed by atoms with Crippen molar-refractivity contribution in [2.24, 2.45) is 0 Å². The van der Waals surface area contributed by atoms with E-state index in [0.717, 1.165) is 0 Å². The van der Waals surface area contributed by atoms with Crippen molar-refractivity contribution in [3.8, 4) is 0 Å². The summed E-state index contributed by atoms with van der Waals surface area (Å²) in [5, 5.41) is 13.9. The number of hydrogen-bond acceptors (Lipinski definition) is 4. The molecule has 0 aliphatic rings. The van der Waals surface area contributed by atoms with Gasteiger partial charge < -0.3 is 10.2 Å². The molecular weight excluding hydrogens is 335 g/mol. The van der Waals surface area contributed by atoms with Gasteiger partial charge in [-0.15, -0.1) is 0 Å². The number of benzene rings is 1. The van der Waals surface area contributed by atoms with Gasteiger partial charge in [0.2, 0.25) is 0 Å². The molecule has 1 aromatic rings. The van der Waals surface area contributed by atoms with Crippen LogP contribution in [0.3, 0.4) is 0 Å². The summed E-state index contributed by atoms with van der Waals surface area (Å²) in [6, 6.07) is 11.4. The normalized spacial score (nSPS) is 11.4. The van der Waals surface area contributed by atoms with Gasteiger partial charge in [0, 0.05) is 0 Å². The molecular formula is C14H19NaO7S. The van der Waals surface area contributed by atoms with Gasteiger partial charge in [0.05, 0.1) is 6.42 Å². The Balaban J connectivity index is 0. The van der Waals surface area contributed by atoms with Crippen molar-refractivity contribution in [3.05, 3.63) is 35.9 Å². The minimum atomic E-state index is -4.84. The number of aliphatic carboxylic acids is 2. The van der Waals surface area contributed by atoms with Crippen molar-refractivity contribution in [3.63, 3.8) is 0 Å². The van der Waals surface area contributed by atoms with Gasteiger partial charge in [0.1, 0.15) is 0 Å². The Morgan fingerprint density at radius 3 is 2.17 bits per heavy atom. The fraction of sp³-hybridized carbons (Fsp3) is 0.429. The van der Waals surface area contributed by atoms with Gasteiger partial charge in [-0.05, 0) is 0 Å². The van der Waals surface area contributed by atoms with Crippen LogP contribution in [0.1, 0.15) is 31.7 Å². The Labute approximate surface area is 157 Å². The number of aryl methyl sites for hydroxylation is 1. The molecule has 1 rings (SSSR count). The van der Waals surface area contributed by atoms with Gasteiger partial charge >= 0.3 is 41.5 Å². The second-order valence-electron chi connectivity index (χ2n) is 4.43. The maximum absolute atomic E-state index is 10.2. The fourth-order valence-electron chi connectivity index (χ4n) is 1.43. The minimum absolute atomic E-state index is 0. The summed E-state index contributed by atoms with van der Waals surface area (Å²) in [5.74, 6) is -3.50. The van der Waals surface area contributed by atoms with Crippen LogP contribution >= 0.6 is 0 Å². The molecule has 0 saturated carbocycles. The quantitative estimate of drug-likeness (QED) is 0.313. The largest absolute Gasteiger partial charge is 1.00 e. The van der Waals surface area contributed by atoms with E-state index in [1.165, 1.54) is 24.8 Å². The smallest absolute Gasteiger partial charge is 0.481 e. The standard InChI is InChI=1S/C10H13.C4H6O7S.Na/c1-2-3-7-10-8-5-4-6-9-10;5-3(6)1-2(4(7)8)12(9,10)11;/h4-6,8H,2-3,7H2,1H3;2H,1H2,(H,5,6)(H,7,8)(H,9,10,11);/q-1;;+1. The number of hydrogen-bond donors (Lipinski definition) is 3. The van der Waals surface area contributed by atoms with Crippen molar-refractivity contribution >= 4 is 22.1 Å². The van der Waals surface area contributed by atoms with E-state index in [-0.39, 0.29) is 29.6 Å². The van der Waals surface area contributed by atoms with E-state index in [4.69, 9.17) is 14.8 Å². The summed E-state index contributed by atoms with van der Waals surface area (Å²) >= 11 is 0. The van der Waals surface area contributed by atoms with E-state index in [2.05, 4.69) is 25.1 Å². The molecule has 0 radical (unpaired) electrons. The van der Waals surface area contributed by atoms with Crippen molar-refractivity contribution in [2.45, 2.75) is 37.9 Å². The van der Waals surface area contributed by atoms with Crippen LogP contribution in [0.5, 0.6) is 0 Å². The second-order valence-corrected chi connectivity index (χ2v) is 6.03. The molecule has 0 aliphatic carbocycles. The fourth-order valence-corrected chi connectivity index (χ4v) is 2.04. The summed E-state index contributed by atoms with van der Waals surface area (Å²) < 4.78 is 28.7. The Kier molecular flexibility index (Phi) is 13.2. The molecule has 23 heavy (non-hydrogen) atoms. The molecule has 0 amide bonds. The van der Waals surface area contributed by atoms with Gasteiger partial charge in [0.25, 0.3) is 10.1 Å². The third kappa shape index (κ3) is 12.2. The molecule has 7 nitrogen and oxygen atoms in total. The number of rotatable bonds is 7. The second kappa shape index (κ2) is 12.5. The SMILES string of the molecule is CCCCc1[c-]cccc1.O=C(O)CC(C(=O)O)S(=O)(=O)O.[Na+]. The van der Waals surface area contributed by atoms with E-state index in [0.29, 0.717) is 0 Å². The third-order valence-electron chi connectivity index (χ3n) is 2.57. The van der Waals surface area contributed by atoms with Crippen LogP contribution in [-0.2, 0) is 26.1 Å². The van der Waals surface area contributed by atoms with Crippen LogP contribution in [0.2, 0.25) is 0 Å². The van der Waals surface area contributed by atoms with Crippen LogP contribution < -0.4 is 29.6 Å². The minimum Gasteiger partial charge on any atom is -0.481 e. The molecule has 0 spiro atoms. The van der Waals surface area contributed by atoms with Gasteiger partial charge in [-0.25, -0.2) is 0 Å². The van der Waals surface area contributed by atoms with Gasteiger partial charge in [-0.3, -0.25) is 14.1 Å². The Morgan fingerprint density at radius 2 is 1.87 bits per heavy atom. The third-order valence-corrected chi connectivity index (χ3v) is 3.66. The summed E-state index contributed by atoms with van der Waals surface area (Å²) in [4.78, 5) is 20.0. The molecule has 3 N–H and O–H groups in total. The Hall–Kier alpha value is -0.930. The molecule has 0 saturated heterocycles. The van der Waals surface area contributed by atoms with Crippen LogP contribution in [0.4, 0.5) is 0 Å². The molecule has 0 aliphatic heterocycles. The van der Waals surface area contributed by atoms with Gasteiger partial charge in [-0.1, -0.05) is 26.2 Å². The van der Waals surface area contributed by atoms with Crippen molar-refractivity contribution in [2.75, 3.05) is 0 Å². The summed E-state index contributed by atoms with van der Waals surface area (Å²) in [6.07, 6.45) is 2.56. The maximum atomic E-state index is 10.2. The van der Waals surface area contributed by atoms with Gasteiger partial charge in [-0.2, -0.15) is 44.3 Å². The van der Waals surface area contributed by atoms with Crippen molar-refractivity contribution < 1.29 is 62.3 Å². The molecule has 124 valence electrons. The van der Waals surface area contributed by atoms with E-state index >= 15 is 0 Å². The zero-order valence-corrected chi connectivity index (χ0v) is 15.9. The molecule has 1 atom stereocenters. The first kappa shape index (κ1) is 24.3. The van der Waals surface area contributed by atoms with E-state index in [1.54, 1.807) is 0 Å². The topological polar surface area (TPSA) is 129 Å². The summed E-state index contributed by atoms with van der Waals surface area (Å²) in [7, 11) is -4.84. The van der Waals surface area contributed by atoms with Crippen LogP contribution in [0.15, 0.2) is 24.3 Å². The first-order valence-corrected chi connectivity index (χ1v) is 8.05. The van der Waals surface area contributed by atoms with E-state index < -0.39 is 33.7 Å². The number of carboxylic acids is 2. The van der Waals surface area contributed by atoms with Crippen molar-refractivity contribution in [1.29, 1.82) is 0 Å². The molecule has 1 unspecified atom stereocenters. The van der Waals surface area contributed by atoms with E-state index in [9.17, 15) is 18.0 Å². The van der Waals surface area contributed by atoms with Crippen molar-refractivity contribution in [1.82, 2.24) is 0 Å². The molecule has 0 aromatic heterocycles. The van der Waals surface area contributed by atoms with Crippen LogP contribution in [-0.4, -0.2) is 40.4 Å². The zero-order chi connectivity index (χ0) is 17.2. The maximum Gasteiger partial charge on any atom is 1.00 e. The molecule has 0 bridgehead atoms. The van der Waals surface area contributed by atoms with E-state index in [1.807, 2.05) is 12.1 Å². The summed E-state index contributed by atoms with van der Waals surface area (Å²) in [6.45, 7) is 2.21. The Bertz CT molecular complexity index is 572. The molecule has 9 heteroatoms. The molecule has 0 fully saturated rings. The molecule has 0 heterocycles. The summed E-state index contributed by atoms with van der Waals surface area (Å²) in [5.41, 5.74) is 1.34.